The van der Waals surface area contributed by atoms with Crippen LogP contribution in [0.5, 0.6) is 0 Å². The lowest BCUT2D eigenvalue weighted by Gasteiger charge is -2.31. The molecule has 0 aliphatic carbocycles. The van der Waals surface area contributed by atoms with E-state index in [-0.39, 0.29) is 6.03 Å². The van der Waals surface area contributed by atoms with Gasteiger partial charge in [0.05, 0.1) is 5.00 Å². The van der Waals surface area contributed by atoms with Gasteiger partial charge in [-0.05, 0) is 47.7 Å². The number of carbonyl (C=O) groups excluding carboxylic acids is 1. The highest BCUT2D eigenvalue weighted by molar-refractivity contribution is 7.14. The Labute approximate surface area is 120 Å². The molecular weight excluding hydrogens is 276 g/mol. The summed E-state index contributed by atoms with van der Waals surface area (Å²) in [5.41, 5.74) is 0. The number of carbonyl (C=O) groups is 1. The van der Waals surface area contributed by atoms with Crippen LogP contribution in [-0.4, -0.2) is 24.0 Å². The molecule has 0 aromatic carbocycles. The van der Waals surface area contributed by atoms with Crippen LogP contribution in [0.1, 0.15) is 23.6 Å². The van der Waals surface area contributed by atoms with Crippen molar-refractivity contribution < 1.29 is 4.79 Å². The van der Waals surface area contributed by atoms with E-state index in [0.29, 0.717) is 5.92 Å². The molecule has 2 amide bonds. The van der Waals surface area contributed by atoms with Gasteiger partial charge in [-0.1, -0.05) is 6.07 Å². The highest BCUT2D eigenvalue weighted by atomic mass is 32.1. The van der Waals surface area contributed by atoms with Crippen LogP contribution in [-0.2, 0) is 0 Å². The van der Waals surface area contributed by atoms with Crippen LogP contribution in [0.25, 0.3) is 0 Å². The van der Waals surface area contributed by atoms with Crippen molar-refractivity contribution in [1.29, 1.82) is 0 Å². The molecule has 1 fully saturated rings. The van der Waals surface area contributed by atoms with Crippen molar-refractivity contribution in [3.8, 4) is 0 Å². The van der Waals surface area contributed by atoms with E-state index in [1.54, 1.807) is 11.3 Å². The third-order valence-electron chi connectivity index (χ3n) is 3.48. The minimum Gasteiger partial charge on any atom is -0.324 e. The Morgan fingerprint density at radius 2 is 1.89 bits per heavy atom. The van der Waals surface area contributed by atoms with E-state index in [9.17, 15) is 4.79 Å². The number of hydrogen-bond acceptors (Lipinski definition) is 3. The molecule has 0 unspecified atom stereocenters. The van der Waals surface area contributed by atoms with Gasteiger partial charge in [0.1, 0.15) is 0 Å². The lowest BCUT2D eigenvalue weighted by molar-refractivity contribution is 0.195. The summed E-state index contributed by atoms with van der Waals surface area (Å²) in [5.74, 6) is 0.630. The van der Waals surface area contributed by atoms with Crippen molar-refractivity contribution in [1.82, 2.24) is 4.90 Å². The number of nitrogens with one attached hydrogen (secondary N) is 1. The molecule has 19 heavy (non-hydrogen) atoms. The Balaban J connectivity index is 1.54. The molecule has 3 heterocycles. The quantitative estimate of drug-likeness (QED) is 0.883. The SMILES string of the molecule is O=C(Nc1cccs1)N1CCC(c2cccs2)CC1. The fourth-order valence-electron chi connectivity index (χ4n) is 2.42. The van der Waals surface area contributed by atoms with Crippen molar-refractivity contribution in [2.75, 3.05) is 18.4 Å². The van der Waals surface area contributed by atoms with E-state index in [1.807, 2.05) is 33.7 Å². The fraction of sp³-hybridized carbons (Fsp3) is 0.357. The summed E-state index contributed by atoms with van der Waals surface area (Å²) in [5, 5.41) is 7.97. The summed E-state index contributed by atoms with van der Waals surface area (Å²) in [7, 11) is 0. The summed E-state index contributed by atoms with van der Waals surface area (Å²) >= 11 is 3.38. The lowest BCUT2D eigenvalue weighted by atomic mass is 9.95. The highest BCUT2D eigenvalue weighted by Gasteiger charge is 2.24. The van der Waals surface area contributed by atoms with Crippen molar-refractivity contribution in [2.24, 2.45) is 0 Å². The first kappa shape index (κ1) is 12.7. The van der Waals surface area contributed by atoms with Gasteiger partial charge in [0, 0.05) is 18.0 Å². The number of nitrogens with zero attached hydrogens (tertiary/aromatic N) is 1. The topological polar surface area (TPSA) is 32.3 Å². The summed E-state index contributed by atoms with van der Waals surface area (Å²) in [4.78, 5) is 15.5. The van der Waals surface area contributed by atoms with Crippen LogP contribution < -0.4 is 5.32 Å². The van der Waals surface area contributed by atoms with E-state index in [2.05, 4.69) is 22.8 Å². The van der Waals surface area contributed by atoms with Gasteiger partial charge in [0.15, 0.2) is 0 Å². The third-order valence-corrected chi connectivity index (χ3v) is 5.30. The molecule has 1 aliphatic rings. The molecule has 3 rings (SSSR count). The molecule has 0 radical (unpaired) electrons. The standard InChI is InChI=1S/C14H16N2OS2/c17-14(15-13-4-2-10-19-13)16-7-5-11(6-8-16)12-3-1-9-18-12/h1-4,9-11H,5-8H2,(H,15,17). The maximum absolute atomic E-state index is 12.1. The van der Waals surface area contributed by atoms with Crippen LogP contribution >= 0.6 is 22.7 Å². The second-order valence-corrected chi connectivity index (χ2v) is 6.61. The van der Waals surface area contributed by atoms with Crippen LogP contribution in [0, 0.1) is 0 Å². The van der Waals surface area contributed by atoms with Gasteiger partial charge in [-0.2, -0.15) is 0 Å². The van der Waals surface area contributed by atoms with Gasteiger partial charge in [0.25, 0.3) is 0 Å². The average molecular weight is 292 g/mol. The molecule has 1 N–H and O–H groups in total. The van der Waals surface area contributed by atoms with Gasteiger partial charge in [-0.25, -0.2) is 4.79 Å². The Kier molecular flexibility index (Phi) is 3.84. The number of piperidine rings is 1. The van der Waals surface area contributed by atoms with E-state index in [1.165, 1.54) is 4.88 Å². The number of rotatable bonds is 2. The molecule has 0 saturated carbocycles. The van der Waals surface area contributed by atoms with Gasteiger partial charge in [0.2, 0.25) is 0 Å². The van der Waals surface area contributed by atoms with E-state index >= 15 is 0 Å². The first-order chi connectivity index (χ1) is 9.33. The number of amides is 2. The molecule has 1 saturated heterocycles. The second kappa shape index (κ2) is 5.75. The zero-order chi connectivity index (χ0) is 13.1. The molecule has 3 nitrogen and oxygen atoms in total. The molecule has 0 bridgehead atoms. The molecule has 100 valence electrons. The smallest absolute Gasteiger partial charge is 0.322 e. The second-order valence-electron chi connectivity index (χ2n) is 4.68. The molecule has 2 aromatic rings. The van der Waals surface area contributed by atoms with Gasteiger partial charge >= 0.3 is 6.03 Å². The Morgan fingerprint density at radius 1 is 1.16 bits per heavy atom. The van der Waals surface area contributed by atoms with Crippen molar-refractivity contribution in [2.45, 2.75) is 18.8 Å². The third kappa shape index (κ3) is 2.98. The van der Waals surface area contributed by atoms with Crippen molar-refractivity contribution in [3.63, 3.8) is 0 Å². The normalized spacial score (nSPS) is 16.5. The molecule has 1 aliphatic heterocycles. The van der Waals surface area contributed by atoms with Crippen molar-refractivity contribution in [3.05, 3.63) is 39.9 Å². The molecule has 2 aromatic heterocycles. The van der Waals surface area contributed by atoms with Crippen molar-refractivity contribution >= 4 is 33.7 Å². The molecule has 5 heteroatoms. The minimum absolute atomic E-state index is 0.0343. The maximum Gasteiger partial charge on any atom is 0.322 e. The van der Waals surface area contributed by atoms with Crippen LogP contribution in [0.3, 0.4) is 0 Å². The Hall–Kier alpha value is -1.33. The Morgan fingerprint density at radius 3 is 2.53 bits per heavy atom. The summed E-state index contributed by atoms with van der Waals surface area (Å²) in [6, 6.07) is 8.23. The summed E-state index contributed by atoms with van der Waals surface area (Å²) in [6.45, 7) is 1.69. The van der Waals surface area contributed by atoms with Gasteiger partial charge in [-0.15, -0.1) is 22.7 Å². The zero-order valence-corrected chi connectivity index (χ0v) is 12.2. The fourth-order valence-corrected chi connectivity index (χ4v) is 3.93. The van der Waals surface area contributed by atoms with Crippen LogP contribution in [0.15, 0.2) is 35.0 Å². The average Bonchev–Trinajstić information content (AvgIpc) is 3.12. The summed E-state index contributed by atoms with van der Waals surface area (Å²) in [6.07, 6.45) is 2.14. The molecule has 0 spiro atoms. The van der Waals surface area contributed by atoms with E-state index in [0.717, 1.165) is 30.9 Å². The maximum atomic E-state index is 12.1. The lowest BCUT2D eigenvalue weighted by Crippen LogP contribution is -2.40. The molecular formula is C14H16N2OS2. The number of anilines is 1. The zero-order valence-electron chi connectivity index (χ0n) is 10.5. The number of likely N-dealkylation sites (tertiary alicyclic amines) is 1. The minimum atomic E-state index is 0.0343. The molecule has 0 atom stereocenters. The first-order valence-corrected chi connectivity index (χ1v) is 8.22. The van der Waals surface area contributed by atoms with Gasteiger partial charge < -0.3 is 4.90 Å². The Bertz CT molecular complexity index is 514. The summed E-state index contributed by atoms with van der Waals surface area (Å²) < 4.78 is 0. The van der Waals surface area contributed by atoms with Crippen LogP contribution in [0.4, 0.5) is 9.80 Å². The largest absolute Gasteiger partial charge is 0.324 e. The predicted molar refractivity (Wildman–Crippen MR) is 81.2 cm³/mol. The number of hydrogen-bond donors (Lipinski definition) is 1. The van der Waals surface area contributed by atoms with Crippen LogP contribution in [0.2, 0.25) is 0 Å². The highest BCUT2D eigenvalue weighted by Crippen LogP contribution is 2.31. The number of thiophene rings is 2. The number of urea groups is 1. The monoisotopic (exact) mass is 292 g/mol. The predicted octanol–water partition coefficient (Wildman–Crippen LogP) is 4.22. The van der Waals surface area contributed by atoms with E-state index in [4.69, 9.17) is 0 Å². The van der Waals surface area contributed by atoms with E-state index < -0.39 is 0 Å². The van der Waals surface area contributed by atoms with Gasteiger partial charge in [-0.3, -0.25) is 5.32 Å². The first-order valence-electron chi connectivity index (χ1n) is 6.46.